The summed E-state index contributed by atoms with van der Waals surface area (Å²) in [4.78, 5) is 0. The second kappa shape index (κ2) is 6.02. The molecule has 0 heterocycles. The van der Waals surface area contributed by atoms with Gasteiger partial charge in [0, 0.05) is 10.5 Å². The molecule has 0 saturated carbocycles. The summed E-state index contributed by atoms with van der Waals surface area (Å²) in [6.07, 6.45) is 0. The average Bonchev–Trinajstić information content (AvgIpc) is 2.42. The standard InChI is InChI=1S/C15H11BrF2N2/c1-9(11-4-2-10(8-19)3-5-11)20-15-13(17)6-12(16)7-14(15)18/h2-7,9,20H,1H3. The van der Waals surface area contributed by atoms with Crippen LogP contribution in [0.3, 0.4) is 0 Å². The molecule has 0 bridgehead atoms. The van der Waals surface area contributed by atoms with E-state index in [1.54, 1.807) is 31.2 Å². The maximum atomic E-state index is 13.7. The maximum Gasteiger partial charge on any atom is 0.150 e. The van der Waals surface area contributed by atoms with E-state index in [9.17, 15) is 8.78 Å². The molecule has 1 N–H and O–H groups in total. The number of benzene rings is 2. The molecule has 0 aliphatic carbocycles. The zero-order valence-corrected chi connectivity index (χ0v) is 12.2. The van der Waals surface area contributed by atoms with Crippen LogP contribution in [-0.2, 0) is 0 Å². The third kappa shape index (κ3) is 3.14. The second-order valence-electron chi connectivity index (χ2n) is 4.34. The molecule has 102 valence electrons. The molecule has 2 aromatic rings. The number of anilines is 1. The van der Waals surface area contributed by atoms with Crippen LogP contribution in [0, 0.1) is 23.0 Å². The highest BCUT2D eigenvalue weighted by Gasteiger charge is 2.14. The molecule has 0 aliphatic heterocycles. The van der Waals surface area contributed by atoms with Crippen LogP contribution < -0.4 is 5.32 Å². The Morgan fingerprint density at radius 3 is 2.20 bits per heavy atom. The van der Waals surface area contributed by atoms with Gasteiger partial charge in [0.2, 0.25) is 0 Å². The second-order valence-corrected chi connectivity index (χ2v) is 5.26. The van der Waals surface area contributed by atoms with E-state index in [0.29, 0.717) is 10.0 Å². The van der Waals surface area contributed by atoms with Crippen LogP contribution in [0.1, 0.15) is 24.1 Å². The fraction of sp³-hybridized carbons (Fsp3) is 0.133. The van der Waals surface area contributed by atoms with Crippen LogP contribution in [-0.4, -0.2) is 0 Å². The summed E-state index contributed by atoms with van der Waals surface area (Å²) in [6, 6.07) is 11.0. The van der Waals surface area contributed by atoms with E-state index >= 15 is 0 Å². The van der Waals surface area contributed by atoms with Crippen LogP contribution in [0.2, 0.25) is 0 Å². The first-order chi connectivity index (χ1) is 9.51. The van der Waals surface area contributed by atoms with Crippen LogP contribution in [0.25, 0.3) is 0 Å². The third-order valence-corrected chi connectivity index (χ3v) is 3.37. The quantitative estimate of drug-likeness (QED) is 0.876. The Balaban J connectivity index is 2.23. The van der Waals surface area contributed by atoms with Gasteiger partial charge in [-0.3, -0.25) is 0 Å². The first kappa shape index (κ1) is 14.5. The van der Waals surface area contributed by atoms with E-state index < -0.39 is 11.6 Å². The minimum atomic E-state index is -0.655. The molecule has 0 fully saturated rings. The number of nitrogens with zero attached hydrogens (tertiary/aromatic N) is 1. The van der Waals surface area contributed by atoms with Crippen molar-refractivity contribution in [2.45, 2.75) is 13.0 Å². The van der Waals surface area contributed by atoms with E-state index in [1.165, 1.54) is 12.1 Å². The first-order valence-corrected chi connectivity index (χ1v) is 6.71. The molecule has 2 aromatic carbocycles. The minimum Gasteiger partial charge on any atom is -0.374 e. The molecule has 0 spiro atoms. The van der Waals surface area contributed by atoms with Gasteiger partial charge < -0.3 is 5.32 Å². The van der Waals surface area contributed by atoms with Gasteiger partial charge >= 0.3 is 0 Å². The van der Waals surface area contributed by atoms with Crippen molar-refractivity contribution in [1.29, 1.82) is 5.26 Å². The predicted octanol–water partition coefficient (Wildman–Crippen LogP) is 4.77. The highest BCUT2D eigenvalue weighted by atomic mass is 79.9. The van der Waals surface area contributed by atoms with E-state index in [2.05, 4.69) is 21.2 Å². The van der Waals surface area contributed by atoms with E-state index in [-0.39, 0.29) is 11.7 Å². The van der Waals surface area contributed by atoms with Gasteiger partial charge in [-0.1, -0.05) is 28.1 Å². The lowest BCUT2D eigenvalue weighted by Crippen LogP contribution is -2.09. The number of halogens is 3. The fourth-order valence-corrected chi connectivity index (χ4v) is 2.23. The molecule has 2 rings (SSSR count). The molecule has 0 saturated heterocycles. The van der Waals surface area contributed by atoms with E-state index in [4.69, 9.17) is 5.26 Å². The highest BCUT2D eigenvalue weighted by Crippen LogP contribution is 2.27. The van der Waals surface area contributed by atoms with Crippen molar-refractivity contribution in [1.82, 2.24) is 0 Å². The van der Waals surface area contributed by atoms with Crippen molar-refractivity contribution >= 4 is 21.6 Å². The summed E-state index contributed by atoms with van der Waals surface area (Å²) in [7, 11) is 0. The van der Waals surface area contributed by atoms with Gasteiger partial charge in [-0.15, -0.1) is 0 Å². The molecule has 0 radical (unpaired) electrons. The molecule has 0 amide bonds. The normalized spacial score (nSPS) is 11.8. The lowest BCUT2D eigenvalue weighted by Gasteiger charge is -2.17. The third-order valence-electron chi connectivity index (χ3n) is 2.91. The van der Waals surface area contributed by atoms with Gasteiger partial charge in [0.15, 0.2) is 0 Å². The van der Waals surface area contributed by atoms with Crippen LogP contribution in [0.4, 0.5) is 14.5 Å². The fourth-order valence-electron chi connectivity index (χ4n) is 1.83. The number of nitriles is 1. The Morgan fingerprint density at radius 2 is 1.70 bits per heavy atom. The molecule has 1 unspecified atom stereocenters. The van der Waals surface area contributed by atoms with Gasteiger partial charge in [-0.25, -0.2) is 8.78 Å². The summed E-state index contributed by atoms with van der Waals surface area (Å²) in [5.74, 6) is -1.31. The Morgan fingerprint density at radius 1 is 1.15 bits per heavy atom. The summed E-state index contributed by atoms with van der Waals surface area (Å²) in [5.41, 5.74) is 1.22. The minimum absolute atomic E-state index is 0.162. The molecule has 1 atom stereocenters. The monoisotopic (exact) mass is 336 g/mol. The molecular weight excluding hydrogens is 326 g/mol. The summed E-state index contributed by atoms with van der Waals surface area (Å²) < 4.78 is 27.8. The van der Waals surface area contributed by atoms with Gasteiger partial charge in [0.05, 0.1) is 11.6 Å². The highest BCUT2D eigenvalue weighted by molar-refractivity contribution is 9.10. The topological polar surface area (TPSA) is 35.8 Å². The van der Waals surface area contributed by atoms with E-state index in [0.717, 1.165) is 5.56 Å². The van der Waals surface area contributed by atoms with Gasteiger partial charge in [-0.2, -0.15) is 5.26 Å². The Bertz CT molecular complexity index is 640. The number of nitrogens with one attached hydrogen (secondary N) is 1. The van der Waals surface area contributed by atoms with Gasteiger partial charge in [-0.05, 0) is 36.8 Å². The van der Waals surface area contributed by atoms with Crippen molar-refractivity contribution < 1.29 is 8.78 Å². The molecule has 20 heavy (non-hydrogen) atoms. The number of hydrogen-bond donors (Lipinski definition) is 1. The van der Waals surface area contributed by atoms with Crippen molar-refractivity contribution in [3.8, 4) is 6.07 Å². The lowest BCUT2D eigenvalue weighted by molar-refractivity contribution is 0.583. The Hall–Kier alpha value is -1.93. The SMILES string of the molecule is CC(Nc1c(F)cc(Br)cc1F)c1ccc(C#N)cc1. The zero-order valence-electron chi connectivity index (χ0n) is 10.6. The molecule has 5 heteroatoms. The average molecular weight is 337 g/mol. The maximum absolute atomic E-state index is 13.7. The predicted molar refractivity (Wildman–Crippen MR) is 77.3 cm³/mol. The van der Waals surface area contributed by atoms with Crippen molar-refractivity contribution in [2.75, 3.05) is 5.32 Å². The largest absolute Gasteiger partial charge is 0.374 e. The molecular formula is C15H11BrF2N2. The van der Waals surface area contributed by atoms with Gasteiger partial charge in [0.25, 0.3) is 0 Å². The summed E-state index contributed by atoms with van der Waals surface area (Å²) in [6.45, 7) is 1.79. The van der Waals surface area contributed by atoms with Crippen LogP contribution in [0.15, 0.2) is 40.9 Å². The van der Waals surface area contributed by atoms with Crippen LogP contribution in [0.5, 0.6) is 0 Å². The van der Waals surface area contributed by atoms with Crippen molar-refractivity contribution in [3.05, 3.63) is 63.6 Å². The molecule has 0 aromatic heterocycles. The summed E-state index contributed by atoms with van der Waals surface area (Å²) in [5, 5.41) is 11.5. The summed E-state index contributed by atoms with van der Waals surface area (Å²) >= 11 is 3.04. The smallest absolute Gasteiger partial charge is 0.150 e. The number of hydrogen-bond acceptors (Lipinski definition) is 2. The zero-order chi connectivity index (χ0) is 14.7. The van der Waals surface area contributed by atoms with Crippen molar-refractivity contribution in [2.24, 2.45) is 0 Å². The molecule has 0 aliphatic rings. The Kier molecular flexibility index (Phi) is 4.35. The lowest BCUT2D eigenvalue weighted by atomic mass is 10.1. The van der Waals surface area contributed by atoms with E-state index in [1.807, 2.05) is 6.07 Å². The number of rotatable bonds is 3. The van der Waals surface area contributed by atoms with Crippen molar-refractivity contribution in [3.63, 3.8) is 0 Å². The Labute approximate surface area is 124 Å². The van der Waals surface area contributed by atoms with Gasteiger partial charge in [0.1, 0.15) is 17.3 Å². The first-order valence-electron chi connectivity index (χ1n) is 5.92. The van der Waals surface area contributed by atoms with Crippen LogP contribution >= 0.6 is 15.9 Å². The molecule has 2 nitrogen and oxygen atoms in total.